The third-order valence-corrected chi connectivity index (χ3v) is 1.91. The van der Waals surface area contributed by atoms with Crippen molar-refractivity contribution in [1.82, 2.24) is 0 Å². The Morgan fingerprint density at radius 3 is 2.62 bits per heavy atom. The Bertz CT molecular complexity index is 413. The molecular formula is C7H9NO4S. The maximum absolute atomic E-state index is 10.4. The lowest BCUT2D eigenvalue weighted by atomic mass is 10.2. The molecule has 1 aromatic rings. The Hall–Kier alpha value is -1.27. The fourth-order valence-corrected chi connectivity index (χ4v) is 1.24. The molecular weight excluding hydrogens is 194 g/mol. The Labute approximate surface area is 76.1 Å². The summed E-state index contributed by atoms with van der Waals surface area (Å²) >= 11 is 0. The van der Waals surface area contributed by atoms with E-state index in [1.807, 2.05) is 0 Å². The first kappa shape index (κ1) is 9.82. The number of rotatable bonds is 2. The zero-order chi connectivity index (χ0) is 10.1. The maximum atomic E-state index is 10.4. The predicted octanol–water partition coefficient (Wildman–Crippen LogP) is 0.759. The third-order valence-electron chi connectivity index (χ3n) is 1.52. The van der Waals surface area contributed by atoms with E-state index in [1.54, 1.807) is 13.0 Å². The minimum Gasteiger partial charge on any atom is -0.398 e. The van der Waals surface area contributed by atoms with Crippen molar-refractivity contribution in [2.24, 2.45) is 0 Å². The molecule has 0 saturated carbocycles. The van der Waals surface area contributed by atoms with Gasteiger partial charge in [-0.2, -0.15) is 8.42 Å². The van der Waals surface area contributed by atoms with Crippen LogP contribution < -0.4 is 9.92 Å². The first-order valence-electron chi connectivity index (χ1n) is 3.42. The van der Waals surface area contributed by atoms with Crippen LogP contribution in [0.3, 0.4) is 0 Å². The smallest absolute Gasteiger partial charge is 0.398 e. The number of hydrogen-bond donors (Lipinski definition) is 2. The third kappa shape index (κ3) is 2.60. The largest absolute Gasteiger partial charge is 0.446 e. The molecule has 0 heterocycles. The van der Waals surface area contributed by atoms with Crippen molar-refractivity contribution in [3.8, 4) is 5.75 Å². The summed E-state index contributed by atoms with van der Waals surface area (Å²) in [7, 11) is -4.47. The second-order valence-corrected chi connectivity index (χ2v) is 3.50. The van der Waals surface area contributed by atoms with Crippen molar-refractivity contribution in [1.29, 1.82) is 0 Å². The summed E-state index contributed by atoms with van der Waals surface area (Å²) < 4.78 is 33.4. The van der Waals surface area contributed by atoms with Crippen molar-refractivity contribution in [2.75, 3.05) is 5.73 Å². The molecule has 0 spiro atoms. The summed E-state index contributed by atoms with van der Waals surface area (Å²) in [5.41, 5.74) is 6.36. The minimum atomic E-state index is -4.47. The molecule has 0 aliphatic heterocycles. The van der Waals surface area contributed by atoms with Crippen molar-refractivity contribution in [2.45, 2.75) is 6.92 Å². The monoisotopic (exact) mass is 203 g/mol. The highest BCUT2D eigenvalue weighted by Gasteiger charge is 2.10. The molecule has 5 nitrogen and oxygen atoms in total. The van der Waals surface area contributed by atoms with Gasteiger partial charge in [0.25, 0.3) is 0 Å². The van der Waals surface area contributed by atoms with Gasteiger partial charge < -0.3 is 9.92 Å². The van der Waals surface area contributed by atoms with Gasteiger partial charge in [0.1, 0.15) is 5.75 Å². The molecule has 3 N–H and O–H groups in total. The van der Waals surface area contributed by atoms with Crippen LogP contribution in [0.2, 0.25) is 0 Å². The first-order valence-corrected chi connectivity index (χ1v) is 4.78. The fraction of sp³-hybridized carbons (Fsp3) is 0.143. The molecule has 0 atom stereocenters. The van der Waals surface area contributed by atoms with E-state index < -0.39 is 10.4 Å². The van der Waals surface area contributed by atoms with Crippen LogP contribution in [0.25, 0.3) is 0 Å². The topological polar surface area (TPSA) is 89.6 Å². The molecule has 0 aliphatic carbocycles. The highest BCUT2D eigenvalue weighted by atomic mass is 32.3. The molecule has 13 heavy (non-hydrogen) atoms. The van der Waals surface area contributed by atoms with E-state index in [0.717, 1.165) is 0 Å². The van der Waals surface area contributed by atoms with E-state index in [9.17, 15) is 8.42 Å². The summed E-state index contributed by atoms with van der Waals surface area (Å²) in [5, 5.41) is 0. The van der Waals surface area contributed by atoms with Gasteiger partial charge in [0.15, 0.2) is 0 Å². The number of nitrogens with two attached hydrogens (primary N) is 1. The van der Waals surface area contributed by atoms with Crippen molar-refractivity contribution < 1.29 is 17.2 Å². The first-order chi connectivity index (χ1) is 5.90. The molecule has 0 radical (unpaired) electrons. The highest BCUT2D eigenvalue weighted by molar-refractivity contribution is 7.81. The average molecular weight is 203 g/mol. The molecule has 0 amide bonds. The van der Waals surface area contributed by atoms with Crippen LogP contribution in [0, 0.1) is 6.92 Å². The van der Waals surface area contributed by atoms with Crippen LogP contribution in [0.4, 0.5) is 5.69 Å². The van der Waals surface area contributed by atoms with Gasteiger partial charge in [-0.25, -0.2) is 0 Å². The Morgan fingerprint density at radius 1 is 1.46 bits per heavy atom. The van der Waals surface area contributed by atoms with E-state index in [1.165, 1.54) is 12.1 Å². The molecule has 0 bridgehead atoms. The van der Waals surface area contributed by atoms with Crippen LogP contribution in [0.5, 0.6) is 5.75 Å². The quantitative estimate of drug-likeness (QED) is 0.547. The molecule has 1 aromatic carbocycles. The zero-order valence-corrected chi connectivity index (χ0v) is 7.71. The van der Waals surface area contributed by atoms with Crippen LogP contribution in [-0.2, 0) is 10.4 Å². The van der Waals surface area contributed by atoms with E-state index >= 15 is 0 Å². The van der Waals surface area contributed by atoms with Crippen molar-refractivity contribution in [3.05, 3.63) is 23.8 Å². The summed E-state index contributed by atoms with van der Waals surface area (Å²) in [5.74, 6) is 0.0301. The Balaban J connectivity index is 3.10. The minimum absolute atomic E-state index is 0.0301. The average Bonchev–Trinajstić information content (AvgIpc) is 1.96. The van der Waals surface area contributed by atoms with Crippen molar-refractivity contribution in [3.63, 3.8) is 0 Å². The molecule has 0 aromatic heterocycles. The van der Waals surface area contributed by atoms with E-state index in [2.05, 4.69) is 4.18 Å². The van der Waals surface area contributed by atoms with E-state index in [4.69, 9.17) is 10.3 Å². The molecule has 1 rings (SSSR count). The van der Waals surface area contributed by atoms with Crippen LogP contribution in [0.1, 0.15) is 5.56 Å². The van der Waals surface area contributed by atoms with Crippen LogP contribution in [0.15, 0.2) is 18.2 Å². The van der Waals surface area contributed by atoms with E-state index in [-0.39, 0.29) is 5.75 Å². The maximum Gasteiger partial charge on any atom is 0.446 e. The number of anilines is 1. The van der Waals surface area contributed by atoms with Gasteiger partial charge in [0, 0.05) is 11.3 Å². The SMILES string of the molecule is Cc1c(N)cccc1OS(=O)(=O)O. The number of nitrogen functional groups attached to an aromatic ring is 1. The normalized spacial score (nSPS) is 11.2. The van der Waals surface area contributed by atoms with Gasteiger partial charge in [0.05, 0.1) is 0 Å². The lowest BCUT2D eigenvalue weighted by molar-refractivity contribution is 0.386. The fourth-order valence-electron chi connectivity index (χ4n) is 0.835. The van der Waals surface area contributed by atoms with Gasteiger partial charge in [0.2, 0.25) is 0 Å². The number of benzene rings is 1. The van der Waals surface area contributed by atoms with E-state index in [0.29, 0.717) is 11.3 Å². The Kier molecular flexibility index (Phi) is 2.44. The number of hydrogen-bond acceptors (Lipinski definition) is 4. The van der Waals surface area contributed by atoms with Gasteiger partial charge in [-0.3, -0.25) is 4.55 Å². The summed E-state index contributed by atoms with van der Waals surface area (Å²) in [6, 6.07) is 4.54. The summed E-state index contributed by atoms with van der Waals surface area (Å²) in [4.78, 5) is 0. The Morgan fingerprint density at radius 2 is 2.08 bits per heavy atom. The van der Waals surface area contributed by atoms with Crippen molar-refractivity contribution >= 4 is 16.1 Å². The second-order valence-electron chi connectivity index (χ2n) is 2.48. The lowest BCUT2D eigenvalue weighted by Crippen LogP contribution is -2.08. The van der Waals surface area contributed by atoms with Crippen LogP contribution >= 0.6 is 0 Å². The van der Waals surface area contributed by atoms with Gasteiger partial charge in [-0.15, -0.1) is 0 Å². The van der Waals surface area contributed by atoms with Crippen LogP contribution in [-0.4, -0.2) is 13.0 Å². The highest BCUT2D eigenvalue weighted by Crippen LogP contribution is 2.23. The molecule has 0 unspecified atom stereocenters. The molecule has 0 aliphatic rings. The van der Waals surface area contributed by atoms with Gasteiger partial charge in [-0.1, -0.05) is 6.07 Å². The van der Waals surface area contributed by atoms with Gasteiger partial charge >= 0.3 is 10.4 Å². The zero-order valence-electron chi connectivity index (χ0n) is 6.89. The second kappa shape index (κ2) is 3.23. The summed E-state index contributed by atoms with van der Waals surface area (Å²) in [6.45, 7) is 1.59. The standard InChI is InChI=1S/C7H9NO4S/c1-5-6(8)3-2-4-7(5)12-13(9,10)11/h2-4H,8H2,1H3,(H,9,10,11). The summed E-state index contributed by atoms with van der Waals surface area (Å²) in [6.07, 6.45) is 0. The molecule has 0 saturated heterocycles. The molecule has 0 fully saturated rings. The molecule has 6 heteroatoms. The lowest BCUT2D eigenvalue weighted by Gasteiger charge is -2.06. The van der Waals surface area contributed by atoms with Gasteiger partial charge in [-0.05, 0) is 19.1 Å². The molecule has 72 valence electrons. The predicted molar refractivity (Wildman–Crippen MR) is 47.8 cm³/mol.